The quantitative estimate of drug-likeness (QED) is 0.429. The predicted octanol–water partition coefficient (Wildman–Crippen LogP) is 4.57. The van der Waals surface area contributed by atoms with Crippen LogP contribution in [0.5, 0.6) is 0 Å². The van der Waals surface area contributed by atoms with Crippen molar-refractivity contribution in [3.05, 3.63) is 11.6 Å². The average molecular weight is 283 g/mol. The standard InChI is InChI=1S/C16H30O2Si/c1-12-8-9-14(13(2)11-17)15(10-12)18-19(6,7)16(3,4)5/h10-11,13-15H,8-9H2,1-7H3/t13-,14+,15+/m0/s1. The van der Waals surface area contributed by atoms with Crippen LogP contribution in [0, 0.1) is 11.8 Å². The molecule has 0 aromatic rings. The van der Waals surface area contributed by atoms with Crippen molar-refractivity contribution in [2.45, 2.75) is 71.7 Å². The Morgan fingerprint density at radius 1 is 1.42 bits per heavy atom. The number of hydrogen-bond acceptors (Lipinski definition) is 2. The first-order valence-corrected chi connectivity index (χ1v) is 10.3. The normalized spacial score (nSPS) is 26.8. The highest BCUT2D eigenvalue weighted by Crippen LogP contribution is 2.40. The highest BCUT2D eigenvalue weighted by atomic mass is 28.4. The Morgan fingerprint density at radius 2 is 2.00 bits per heavy atom. The monoisotopic (exact) mass is 282 g/mol. The molecule has 0 radical (unpaired) electrons. The molecule has 0 aromatic carbocycles. The van der Waals surface area contributed by atoms with Gasteiger partial charge in [-0.05, 0) is 43.8 Å². The van der Waals surface area contributed by atoms with Gasteiger partial charge in [0.25, 0.3) is 0 Å². The first-order chi connectivity index (χ1) is 8.58. The molecule has 0 aromatic heterocycles. The van der Waals surface area contributed by atoms with Gasteiger partial charge in [-0.1, -0.05) is 39.3 Å². The third kappa shape index (κ3) is 4.02. The van der Waals surface area contributed by atoms with Gasteiger partial charge < -0.3 is 9.22 Å². The third-order valence-corrected chi connectivity index (χ3v) is 9.34. The molecule has 0 saturated carbocycles. The fourth-order valence-electron chi connectivity index (χ4n) is 2.35. The van der Waals surface area contributed by atoms with Crippen LogP contribution in [0.4, 0.5) is 0 Å². The van der Waals surface area contributed by atoms with Crippen LogP contribution in [0.2, 0.25) is 18.1 Å². The van der Waals surface area contributed by atoms with E-state index in [-0.39, 0.29) is 17.1 Å². The topological polar surface area (TPSA) is 26.3 Å². The minimum Gasteiger partial charge on any atom is -0.410 e. The smallest absolute Gasteiger partial charge is 0.192 e. The highest BCUT2D eigenvalue weighted by Gasteiger charge is 2.41. The molecular formula is C16H30O2Si. The summed E-state index contributed by atoms with van der Waals surface area (Å²) in [5.41, 5.74) is 1.40. The van der Waals surface area contributed by atoms with Crippen molar-refractivity contribution >= 4 is 14.6 Å². The zero-order valence-electron chi connectivity index (χ0n) is 13.6. The summed E-state index contributed by atoms with van der Waals surface area (Å²) in [6, 6.07) is 0. The van der Waals surface area contributed by atoms with Crippen LogP contribution >= 0.6 is 0 Å². The van der Waals surface area contributed by atoms with E-state index in [1.54, 1.807) is 0 Å². The molecular weight excluding hydrogens is 252 g/mol. The van der Waals surface area contributed by atoms with Crippen molar-refractivity contribution in [3.8, 4) is 0 Å². The first-order valence-electron chi connectivity index (χ1n) is 7.39. The molecule has 1 aliphatic carbocycles. The summed E-state index contributed by atoms with van der Waals surface area (Å²) in [5, 5.41) is 0.209. The minimum atomic E-state index is -1.78. The van der Waals surface area contributed by atoms with Crippen molar-refractivity contribution in [3.63, 3.8) is 0 Å². The highest BCUT2D eigenvalue weighted by molar-refractivity contribution is 6.74. The summed E-state index contributed by atoms with van der Waals surface area (Å²) in [7, 11) is -1.78. The van der Waals surface area contributed by atoms with E-state index in [1.807, 2.05) is 6.92 Å². The van der Waals surface area contributed by atoms with Gasteiger partial charge in [-0.2, -0.15) is 0 Å². The van der Waals surface area contributed by atoms with Crippen molar-refractivity contribution < 1.29 is 9.22 Å². The van der Waals surface area contributed by atoms with Gasteiger partial charge in [0, 0.05) is 5.92 Å². The summed E-state index contributed by atoms with van der Waals surface area (Å²) >= 11 is 0. The van der Waals surface area contributed by atoms with Gasteiger partial charge in [-0.3, -0.25) is 0 Å². The molecule has 0 heterocycles. The van der Waals surface area contributed by atoms with E-state index in [0.29, 0.717) is 5.92 Å². The lowest BCUT2D eigenvalue weighted by molar-refractivity contribution is -0.113. The summed E-state index contributed by atoms with van der Waals surface area (Å²) in [4.78, 5) is 11.1. The summed E-state index contributed by atoms with van der Waals surface area (Å²) in [6.45, 7) is 15.5. The summed E-state index contributed by atoms with van der Waals surface area (Å²) < 4.78 is 6.55. The van der Waals surface area contributed by atoms with Crippen LogP contribution in [-0.4, -0.2) is 20.7 Å². The van der Waals surface area contributed by atoms with Crippen LogP contribution in [0.15, 0.2) is 11.6 Å². The van der Waals surface area contributed by atoms with Gasteiger partial charge >= 0.3 is 0 Å². The Kier molecular flexibility index (Phi) is 5.19. The average Bonchev–Trinajstić information content (AvgIpc) is 2.26. The van der Waals surface area contributed by atoms with E-state index in [1.165, 1.54) is 5.57 Å². The molecule has 19 heavy (non-hydrogen) atoms. The minimum absolute atomic E-state index is 0.0825. The lowest BCUT2D eigenvalue weighted by Gasteiger charge is -2.42. The van der Waals surface area contributed by atoms with Crippen molar-refractivity contribution in [1.29, 1.82) is 0 Å². The fraction of sp³-hybridized carbons (Fsp3) is 0.812. The molecule has 110 valence electrons. The molecule has 3 atom stereocenters. The molecule has 0 bridgehead atoms. The molecule has 0 aliphatic heterocycles. The van der Waals surface area contributed by atoms with Gasteiger partial charge in [-0.15, -0.1) is 0 Å². The maximum Gasteiger partial charge on any atom is 0.192 e. The van der Waals surface area contributed by atoms with Gasteiger partial charge in [0.05, 0.1) is 6.10 Å². The van der Waals surface area contributed by atoms with Gasteiger partial charge in [0.1, 0.15) is 6.29 Å². The van der Waals surface area contributed by atoms with Crippen LogP contribution in [0.1, 0.15) is 47.5 Å². The van der Waals surface area contributed by atoms with E-state index >= 15 is 0 Å². The Bertz CT molecular complexity index is 352. The maximum absolute atomic E-state index is 11.1. The number of allylic oxidation sites excluding steroid dienone is 1. The molecule has 0 spiro atoms. The molecule has 3 heteroatoms. The lowest BCUT2D eigenvalue weighted by Crippen LogP contribution is -2.47. The van der Waals surface area contributed by atoms with E-state index in [9.17, 15) is 4.79 Å². The van der Waals surface area contributed by atoms with E-state index in [2.05, 4.69) is 46.9 Å². The van der Waals surface area contributed by atoms with Crippen molar-refractivity contribution in [2.24, 2.45) is 11.8 Å². The molecule has 1 aliphatic rings. The molecule has 0 unspecified atom stereocenters. The molecule has 2 nitrogen and oxygen atoms in total. The van der Waals surface area contributed by atoms with Crippen molar-refractivity contribution in [2.75, 3.05) is 0 Å². The van der Waals surface area contributed by atoms with E-state index in [4.69, 9.17) is 4.43 Å². The fourth-order valence-corrected chi connectivity index (χ4v) is 3.62. The second-order valence-electron chi connectivity index (χ2n) is 7.55. The molecule has 0 fully saturated rings. The molecule has 1 rings (SSSR count). The SMILES string of the molecule is CC1=C[C@@H](O[Si](C)(C)C(C)(C)C)[C@@H]([C@@H](C)C=O)CC1. The number of aldehydes is 1. The third-order valence-electron chi connectivity index (χ3n) is 4.87. The van der Waals surface area contributed by atoms with E-state index in [0.717, 1.165) is 19.1 Å². The van der Waals surface area contributed by atoms with E-state index < -0.39 is 8.32 Å². The maximum atomic E-state index is 11.1. The zero-order valence-corrected chi connectivity index (χ0v) is 14.6. The molecule has 0 saturated heterocycles. The van der Waals surface area contributed by atoms with Crippen LogP contribution in [0.25, 0.3) is 0 Å². The van der Waals surface area contributed by atoms with Crippen LogP contribution in [-0.2, 0) is 9.22 Å². The lowest BCUT2D eigenvalue weighted by atomic mass is 9.80. The molecule has 0 N–H and O–H groups in total. The van der Waals surface area contributed by atoms with Crippen LogP contribution < -0.4 is 0 Å². The van der Waals surface area contributed by atoms with Gasteiger partial charge in [-0.25, -0.2) is 0 Å². The second-order valence-corrected chi connectivity index (χ2v) is 12.3. The Morgan fingerprint density at radius 3 is 2.47 bits per heavy atom. The Labute approximate surface area is 119 Å². The zero-order chi connectivity index (χ0) is 14.8. The summed E-state index contributed by atoms with van der Waals surface area (Å²) in [6.07, 6.45) is 5.63. The number of rotatable bonds is 4. The predicted molar refractivity (Wildman–Crippen MR) is 83.8 cm³/mol. The number of carbonyl (C=O) groups is 1. The Hall–Kier alpha value is -0.413. The van der Waals surface area contributed by atoms with Crippen LogP contribution in [0.3, 0.4) is 0 Å². The van der Waals surface area contributed by atoms with Gasteiger partial charge in [0.2, 0.25) is 0 Å². The van der Waals surface area contributed by atoms with Crippen molar-refractivity contribution in [1.82, 2.24) is 0 Å². The number of carbonyl (C=O) groups excluding carboxylic acids is 1. The second kappa shape index (κ2) is 5.92. The first kappa shape index (κ1) is 16.6. The summed E-state index contributed by atoms with van der Waals surface area (Å²) in [5.74, 6) is 0.425. The largest absolute Gasteiger partial charge is 0.410 e. The van der Waals surface area contributed by atoms with Gasteiger partial charge in [0.15, 0.2) is 8.32 Å². The Balaban J connectivity index is 2.93. The molecule has 0 amide bonds. The number of hydrogen-bond donors (Lipinski definition) is 0.